The number of likely N-dealkylation sites (tertiary alicyclic amines) is 1. The lowest BCUT2D eigenvalue weighted by molar-refractivity contribution is -0.118. The van der Waals surface area contributed by atoms with Crippen LogP contribution in [0.5, 0.6) is 5.75 Å². The molecule has 10 heteroatoms. The third-order valence-corrected chi connectivity index (χ3v) is 7.37. The van der Waals surface area contributed by atoms with Crippen LogP contribution < -0.4 is 25.2 Å². The van der Waals surface area contributed by atoms with E-state index in [-0.39, 0.29) is 17.9 Å². The molecule has 1 saturated heterocycles. The maximum atomic E-state index is 12.9. The topological polar surface area (TPSA) is 103 Å². The second kappa shape index (κ2) is 11.3. The van der Waals surface area contributed by atoms with Gasteiger partial charge in [-0.25, -0.2) is 4.98 Å². The third-order valence-electron chi connectivity index (χ3n) is 7.37. The summed E-state index contributed by atoms with van der Waals surface area (Å²) in [4.78, 5) is 40.9. The summed E-state index contributed by atoms with van der Waals surface area (Å²) in [6.07, 6.45) is 4.07. The zero-order valence-electron chi connectivity index (χ0n) is 22.9. The molecule has 1 fully saturated rings. The summed E-state index contributed by atoms with van der Waals surface area (Å²) in [6, 6.07) is 13.5. The molecule has 204 valence electrons. The molecule has 2 aliphatic heterocycles. The van der Waals surface area contributed by atoms with E-state index >= 15 is 0 Å². The van der Waals surface area contributed by atoms with E-state index < -0.39 is 0 Å². The summed E-state index contributed by atoms with van der Waals surface area (Å²) < 4.78 is 5.62. The highest BCUT2D eigenvalue weighted by atomic mass is 16.5. The number of fused-ring (bicyclic) bond motifs is 1. The molecular weight excluding hydrogens is 494 g/mol. The second-order valence-corrected chi connectivity index (χ2v) is 10.2. The number of hydrogen-bond donors (Lipinski definition) is 2. The van der Waals surface area contributed by atoms with E-state index in [1.807, 2.05) is 31.2 Å². The number of methoxy groups -OCH3 is 1. The minimum atomic E-state index is -0.122. The molecule has 3 heterocycles. The molecule has 2 aromatic carbocycles. The van der Waals surface area contributed by atoms with Gasteiger partial charge in [-0.15, -0.1) is 0 Å². The molecule has 0 bridgehead atoms. The fourth-order valence-corrected chi connectivity index (χ4v) is 5.19. The fraction of sp³-hybridized carbons (Fsp3) is 0.379. The van der Waals surface area contributed by atoms with E-state index in [2.05, 4.69) is 32.5 Å². The first kappa shape index (κ1) is 26.4. The van der Waals surface area contributed by atoms with Gasteiger partial charge in [-0.05, 0) is 63.2 Å². The summed E-state index contributed by atoms with van der Waals surface area (Å²) in [5.41, 5.74) is 3.87. The number of carbonyl (C=O) groups is 2. The van der Waals surface area contributed by atoms with E-state index in [0.29, 0.717) is 47.4 Å². The average Bonchev–Trinajstić information content (AvgIpc) is 3.05. The first-order valence-electron chi connectivity index (χ1n) is 13.2. The van der Waals surface area contributed by atoms with E-state index in [4.69, 9.17) is 9.72 Å². The van der Waals surface area contributed by atoms with Gasteiger partial charge >= 0.3 is 0 Å². The highest BCUT2D eigenvalue weighted by Crippen LogP contribution is 2.37. The number of nitrogens with one attached hydrogen (secondary N) is 2. The lowest BCUT2D eigenvalue weighted by atomic mass is 10.1. The van der Waals surface area contributed by atoms with Gasteiger partial charge < -0.3 is 30.1 Å². The quantitative estimate of drug-likeness (QED) is 0.496. The van der Waals surface area contributed by atoms with Gasteiger partial charge in [0.2, 0.25) is 11.9 Å². The molecule has 2 N–H and O–H groups in total. The van der Waals surface area contributed by atoms with Crippen LogP contribution in [-0.4, -0.2) is 73.6 Å². The van der Waals surface area contributed by atoms with Crippen molar-refractivity contribution in [1.82, 2.24) is 20.2 Å². The molecule has 0 spiro atoms. The van der Waals surface area contributed by atoms with Gasteiger partial charge in [0.15, 0.2) is 5.82 Å². The standard InChI is InChI=1S/C29H35N7O3/c1-19-8-5-6-10-23(19)36-15-13-26(37)35(3)24-17-30-29(33-27(24)36)32-22-12-11-20(16-25(22)39-4)28(38)31-21-9-7-14-34(2)18-21/h5-6,8,10-12,16-17,21H,7,9,13-15,18H2,1-4H3,(H,31,38)(H,30,32,33). The molecule has 3 aromatic rings. The number of likely N-dealkylation sites (N-methyl/N-ethyl adjacent to an activating group) is 1. The molecule has 2 aliphatic rings. The van der Waals surface area contributed by atoms with E-state index in [9.17, 15) is 9.59 Å². The number of ether oxygens (including phenoxy) is 1. The number of aromatic nitrogens is 2. The van der Waals surface area contributed by atoms with Gasteiger partial charge in [-0.2, -0.15) is 4.98 Å². The molecular formula is C29H35N7O3. The number of anilines is 5. The minimum absolute atomic E-state index is 0.00653. The Kier molecular flexibility index (Phi) is 7.65. The maximum Gasteiger partial charge on any atom is 0.251 e. The van der Waals surface area contributed by atoms with Gasteiger partial charge in [0.1, 0.15) is 11.4 Å². The van der Waals surface area contributed by atoms with Crippen molar-refractivity contribution in [2.75, 3.05) is 56.0 Å². The molecule has 1 unspecified atom stereocenters. The van der Waals surface area contributed by atoms with Crippen LogP contribution in [0.1, 0.15) is 35.2 Å². The van der Waals surface area contributed by atoms with Crippen molar-refractivity contribution in [2.45, 2.75) is 32.2 Å². The fourth-order valence-electron chi connectivity index (χ4n) is 5.19. The summed E-state index contributed by atoms with van der Waals surface area (Å²) in [6.45, 7) is 4.45. The number of hydrogen-bond acceptors (Lipinski definition) is 8. The van der Waals surface area contributed by atoms with Gasteiger partial charge in [0, 0.05) is 43.9 Å². The van der Waals surface area contributed by atoms with Gasteiger partial charge in [-0.3, -0.25) is 9.59 Å². The van der Waals surface area contributed by atoms with Crippen LogP contribution in [0, 0.1) is 6.92 Å². The van der Waals surface area contributed by atoms with Crippen molar-refractivity contribution in [3.63, 3.8) is 0 Å². The van der Waals surface area contributed by atoms with Gasteiger partial charge in [-0.1, -0.05) is 18.2 Å². The first-order chi connectivity index (χ1) is 18.8. The third kappa shape index (κ3) is 5.65. The molecule has 5 rings (SSSR count). The predicted octanol–water partition coefficient (Wildman–Crippen LogP) is 3.87. The van der Waals surface area contributed by atoms with Crippen molar-refractivity contribution in [2.24, 2.45) is 0 Å². The molecule has 0 radical (unpaired) electrons. The zero-order valence-corrected chi connectivity index (χ0v) is 22.9. The molecule has 0 aliphatic carbocycles. The van der Waals surface area contributed by atoms with Crippen LogP contribution in [0.4, 0.5) is 28.8 Å². The summed E-state index contributed by atoms with van der Waals surface area (Å²) in [5, 5.41) is 6.38. The van der Waals surface area contributed by atoms with Crippen molar-refractivity contribution in [1.29, 1.82) is 0 Å². The van der Waals surface area contributed by atoms with Crippen molar-refractivity contribution >= 4 is 40.6 Å². The number of nitrogens with zero attached hydrogens (tertiary/aromatic N) is 5. The van der Waals surface area contributed by atoms with Gasteiger partial charge in [0.25, 0.3) is 5.91 Å². The van der Waals surface area contributed by atoms with Crippen LogP contribution in [0.3, 0.4) is 0 Å². The van der Waals surface area contributed by atoms with Crippen LogP contribution >= 0.6 is 0 Å². The van der Waals surface area contributed by atoms with Crippen LogP contribution in [-0.2, 0) is 4.79 Å². The lowest BCUT2D eigenvalue weighted by Crippen LogP contribution is -2.46. The molecule has 39 heavy (non-hydrogen) atoms. The number of rotatable bonds is 6. The predicted molar refractivity (Wildman–Crippen MR) is 153 cm³/mol. The number of carbonyl (C=O) groups excluding carboxylic acids is 2. The number of piperidine rings is 1. The summed E-state index contributed by atoms with van der Waals surface area (Å²) >= 11 is 0. The second-order valence-electron chi connectivity index (χ2n) is 10.2. The molecule has 10 nitrogen and oxygen atoms in total. The number of benzene rings is 2. The largest absolute Gasteiger partial charge is 0.495 e. The number of aryl methyl sites for hydroxylation is 1. The Labute approximate surface area is 229 Å². The Hall–Kier alpha value is -4.18. The molecule has 2 amide bonds. The average molecular weight is 530 g/mol. The number of amides is 2. The minimum Gasteiger partial charge on any atom is -0.495 e. The molecule has 1 atom stereocenters. The van der Waals surface area contributed by atoms with E-state index in [1.54, 1.807) is 43.5 Å². The van der Waals surface area contributed by atoms with Crippen LogP contribution in [0.2, 0.25) is 0 Å². The van der Waals surface area contributed by atoms with Crippen molar-refractivity contribution < 1.29 is 14.3 Å². The van der Waals surface area contributed by atoms with Crippen LogP contribution in [0.25, 0.3) is 0 Å². The van der Waals surface area contributed by atoms with Crippen molar-refractivity contribution in [3.8, 4) is 5.75 Å². The van der Waals surface area contributed by atoms with Crippen LogP contribution in [0.15, 0.2) is 48.7 Å². The maximum absolute atomic E-state index is 12.9. The summed E-state index contributed by atoms with van der Waals surface area (Å²) in [5.74, 6) is 1.39. The Balaban J connectivity index is 1.41. The monoisotopic (exact) mass is 529 g/mol. The SMILES string of the molecule is COc1cc(C(=O)NC2CCCN(C)C2)ccc1Nc1ncc2c(n1)N(c1ccccc1C)CCC(=O)N2C. The molecule has 0 saturated carbocycles. The van der Waals surface area contributed by atoms with E-state index in [0.717, 1.165) is 37.2 Å². The zero-order chi connectivity index (χ0) is 27.5. The Morgan fingerprint density at radius 3 is 2.69 bits per heavy atom. The Bertz CT molecular complexity index is 1380. The smallest absolute Gasteiger partial charge is 0.251 e. The Morgan fingerprint density at radius 1 is 1.10 bits per heavy atom. The first-order valence-corrected chi connectivity index (χ1v) is 13.2. The highest BCUT2D eigenvalue weighted by Gasteiger charge is 2.28. The Morgan fingerprint density at radius 2 is 1.92 bits per heavy atom. The van der Waals surface area contributed by atoms with Crippen molar-refractivity contribution in [3.05, 3.63) is 59.8 Å². The molecule has 1 aromatic heterocycles. The normalized spacial score (nSPS) is 17.8. The highest BCUT2D eigenvalue weighted by molar-refractivity contribution is 5.98. The lowest BCUT2D eigenvalue weighted by Gasteiger charge is -2.30. The summed E-state index contributed by atoms with van der Waals surface area (Å²) in [7, 11) is 5.39. The van der Waals surface area contributed by atoms with Gasteiger partial charge in [0.05, 0.1) is 19.0 Å². The number of para-hydroxylation sites is 1. The van der Waals surface area contributed by atoms with E-state index in [1.165, 1.54) is 0 Å².